The summed E-state index contributed by atoms with van der Waals surface area (Å²) < 4.78 is 0. The van der Waals surface area contributed by atoms with Crippen molar-refractivity contribution in [2.75, 3.05) is 0 Å². The Labute approximate surface area is 367 Å². The predicted molar refractivity (Wildman–Crippen MR) is 253 cm³/mol. The van der Waals surface area contributed by atoms with Crippen LogP contribution in [-0.2, 0) is 39.0 Å². The van der Waals surface area contributed by atoms with E-state index in [0.717, 1.165) is 35.2 Å². The molecule has 6 aromatic rings. The van der Waals surface area contributed by atoms with Crippen LogP contribution < -0.4 is 10.4 Å². The second-order valence-electron chi connectivity index (χ2n) is 15.8. The Balaban J connectivity index is 0.000000382. The molecule has 0 saturated heterocycles. The van der Waals surface area contributed by atoms with E-state index < -0.39 is 0 Å². The molecule has 2 heteroatoms. The molecule has 0 saturated carbocycles. The van der Waals surface area contributed by atoms with Gasteiger partial charge in [0.1, 0.15) is 9.52 Å². The topological polar surface area (TPSA) is 0 Å². The monoisotopic (exact) mass is 840 g/mol. The van der Waals surface area contributed by atoms with Crippen LogP contribution in [0.2, 0.25) is 0 Å². The largest absolute Gasteiger partial charge is 4.00 e. The number of hydrogen-bond acceptors (Lipinski definition) is 0. The fourth-order valence-electron chi connectivity index (χ4n) is 6.11. The summed E-state index contributed by atoms with van der Waals surface area (Å²) >= 11 is 0. The van der Waals surface area contributed by atoms with Crippen LogP contribution in [-0.4, -0.2) is 9.52 Å². The van der Waals surface area contributed by atoms with Crippen molar-refractivity contribution in [3.63, 3.8) is 0 Å². The van der Waals surface area contributed by atoms with E-state index in [-0.39, 0.29) is 26.2 Å². The van der Waals surface area contributed by atoms with Gasteiger partial charge in [0.15, 0.2) is 0 Å². The van der Waals surface area contributed by atoms with E-state index in [1.807, 2.05) is 0 Å². The number of benzene rings is 4. The van der Waals surface area contributed by atoms with E-state index in [2.05, 4.69) is 206 Å². The molecule has 0 aliphatic carbocycles. The van der Waals surface area contributed by atoms with Gasteiger partial charge in [-0.25, -0.2) is 0 Å². The fourth-order valence-corrected chi connectivity index (χ4v) is 7.16. The van der Waals surface area contributed by atoms with E-state index in [0.29, 0.717) is 23.7 Å². The van der Waals surface area contributed by atoms with Crippen LogP contribution in [0.25, 0.3) is 21.5 Å². The van der Waals surface area contributed by atoms with E-state index in [1.165, 1.54) is 78.1 Å². The quantitative estimate of drug-likeness (QED) is 0.0952. The molecule has 56 heavy (non-hydrogen) atoms. The van der Waals surface area contributed by atoms with Gasteiger partial charge >= 0.3 is 26.2 Å². The summed E-state index contributed by atoms with van der Waals surface area (Å²) in [7, 11) is 0.777. The molecule has 0 heterocycles. The van der Waals surface area contributed by atoms with Crippen LogP contribution in [0.4, 0.5) is 0 Å². The third kappa shape index (κ3) is 17.0. The minimum Gasteiger partial charge on any atom is -0.343 e. The molecule has 0 aromatic heterocycles. The molecule has 6 aromatic carbocycles. The Morgan fingerprint density at radius 3 is 1.05 bits per heavy atom. The van der Waals surface area contributed by atoms with Crippen molar-refractivity contribution in [2.45, 2.75) is 145 Å². The second kappa shape index (κ2) is 27.8. The van der Waals surface area contributed by atoms with Gasteiger partial charge < -0.3 is 13.8 Å². The predicted octanol–water partition coefficient (Wildman–Crippen LogP) is 15.3. The van der Waals surface area contributed by atoms with Gasteiger partial charge in [-0.2, -0.15) is 25.0 Å². The van der Waals surface area contributed by atoms with E-state index in [9.17, 15) is 0 Å². The molecule has 0 N–H and O–H groups in total. The molecule has 0 amide bonds. The third-order valence-corrected chi connectivity index (χ3v) is 11.1. The number of hydrogen-bond donors (Lipinski definition) is 0. The van der Waals surface area contributed by atoms with Gasteiger partial charge in [-0.15, -0.1) is 56.9 Å². The summed E-state index contributed by atoms with van der Waals surface area (Å²) in [5.41, 5.74) is 8.87. The molecule has 0 nitrogen and oxygen atoms in total. The summed E-state index contributed by atoms with van der Waals surface area (Å²) in [5.74, 6) is 2.42. The summed E-state index contributed by atoms with van der Waals surface area (Å²) in [5, 5.41) is 8.57. The fraction of sp³-hybridized carbons (Fsp3) is 0.407. The molecule has 0 aliphatic rings. The first-order valence-corrected chi connectivity index (χ1v) is 22.2. The zero-order valence-corrected chi connectivity index (χ0v) is 40.8. The summed E-state index contributed by atoms with van der Waals surface area (Å²) in [4.78, 5) is 0. The van der Waals surface area contributed by atoms with Crippen molar-refractivity contribution in [1.82, 2.24) is 0 Å². The van der Waals surface area contributed by atoms with E-state index in [4.69, 9.17) is 0 Å². The molecular weight excluding hydrogens is 768 g/mol. The first kappa shape index (κ1) is 51.2. The molecule has 0 unspecified atom stereocenters. The van der Waals surface area contributed by atoms with Crippen molar-refractivity contribution in [1.29, 1.82) is 0 Å². The van der Waals surface area contributed by atoms with Gasteiger partial charge in [-0.3, -0.25) is 0 Å². The smallest absolute Gasteiger partial charge is 0.343 e. The average Bonchev–Trinajstić information content (AvgIpc) is 3.82. The number of unbranched alkanes of at least 4 members (excludes halogenated alkanes) is 2. The number of rotatable bonds is 10. The van der Waals surface area contributed by atoms with Crippen molar-refractivity contribution in [3.8, 4) is 0 Å². The maximum absolute atomic E-state index is 3.60. The summed E-state index contributed by atoms with van der Waals surface area (Å²) in [6.07, 6.45) is 6.81. The van der Waals surface area contributed by atoms with Crippen molar-refractivity contribution in [3.05, 3.63) is 156 Å². The maximum atomic E-state index is 3.60. The summed E-state index contributed by atoms with van der Waals surface area (Å²) in [6, 6.07) is 40.1. The van der Waals surface area contributed by atoms with Gasteiger partial charge in [-0.1, -0.05) is 201 Å². The van der Waals surface area contributed by atoms with Crippen LogP contribution in [0.1, 0.15) is 166 Å². The standard InChI is InChI=1S/2C17H23.C12H10Si.2C4H9.Zr/c2*1-6-13-7-15-9-14(11(2)3)10-16(12(4)5)17(15)8-13;1-3-7-11(8-4-1)13-12-9-5-2-6-10-12;2*1-3-4-2;/h2*7-12H,6H2,1-5H3;1-10H;2*1,3-4H2,2H3;/q2*-1;;2*-1;+4. The van der Waals surface area contributed by atoms with Crippen LogP contribution in [0.3, 0.4) is 0 Å². The first-order chi connectivity index (χ1) is 26.3. The summed E-state index contributed by atoms with van der Waals surface area (Å²) in [6.45, 7) is 34.1. The zero-order valence-electron chi connectivity index (χ0n) is 37.4. The van der Waals surface area contributed by atoms with E-state index >= 15 is 0 Å². The molecule has 6 rings (SSSR count). The number of aryl methyl sites for hydroxylation is 2. The van der Waals surface area contributed by atoms with Gasteiger partial charge in [0, 0.05) is 0 Å². The Hall–Kier alpha value is -2.80. The average molecular weight is 842 g/mol. The van der Waals surface area contributed by atoms with Gasteiger partial charge in [0.25, 0.3) is 0 Å². The van der Waals surface area contributed by atoms with E-state index in [1.54, 1.807) is 0 Å². The van der Waals surface area contributed by atoms with Crippen LogP contribution in [0.5, 0.6) is 0 Å². The molecular formula is C54H74SiZr. The maximum Gasteiger partial charge on any atom is 4.00 e. The molecule has 0 aliphatic heterocycles. The minimum absolute atomic E-state index is 0. The number of fused-ring (bicyclic) bond motifs is 2. The van der Waals surface area contributed by atoms with Crippen molar-refractivity contribution in [2.24, 2.45) is 0 Å². The molecule has 298 valence electrons. The Bertz CT molecular complexity index is 1740. The van der Waals surface area contributed by atoms with Gasteiger partial charge in [0.05, 0.1) is 0 Å². The minimum atomic E-state index is 0. The normalized spacial score (nSPS) is 10.6. The SMILES string of the molecule is CCc1cc2c(C(C)C)cc(C(C)C)cc2[cH-]1.CCc1cc2c(C(C)C)cc(C(C)C)cc2[cH-]1.[CH2-]CCC.[CH2-]CCC.[Zr+4].c1ccc([Si]c2ccccc2)cc1. The molecule has 0 spiro atoms. The first-order valence-electron chi connectivity index (χ1n) is 21.2. The van der Waals surface area contributed by atoms with Crippen LogP contribution in [0, 0.1) is 13.8 Å². The molecule has 0 atom stereocenters. The zero-order chi connectivity index (χ0) is 40.9. The van der Waals surface area contributed by atoms with Crippen LogP contribution in [0.15, 0.2) is 109 Å². The Morgan fingerprint density at radius 2 is 0.804 bits per heavy atom. The van der Waals surface area contributed by atoms with Crippen LogP contribution >= 0.6 is 0 Å². The molecule has 0 bridgehead atoms. The van der Waals surface area contributed by atoms with Gasteiger partial charge in [-0.05, 0) is 36.5 Å². The molecule has 0 fully saturated rings. The Morgan fingerprint density at radius 1 is 0.482 bits per heavy atom. The van der Waals surface area contributed by atoms with Crippen molar-refractivity contribution >= 4 is 41.4 Å². The second-order valence-corrected chi connectivity index (χ2v) is 17.2. The Kier molecular flexibility index (Phi) is 25.4. The molecule has 2 radical (unpaired) electrons. The van der Waals surface area contributed by atoms with Crippen molar-refractivity contribution < 1.29 is 26.2 Å². The van der Waals surface area contributed by atoms with Gasteiger partial charge in [0.2, 0.25) is 0 Å². The third-order valence-electron chi connectivity index (χ3n) is 9.81.